The van der Waals surface area contributed by atoms with Crippen molar-refractivity contribution in [3.8, 4) is 17.3 Å². The number of hydrogen-bond acceptors (Lipinski definition) is 8. The standard InChI is InChI=1S/C20H23N7O3/c1-29-15-5-6-17(30-2)16(8-15)25-20(28)14-4-3-7-26(10-14)18-9-19(23-12-22-18)27-13-21-11-24-27/h5-6,8-9,11-14H,3-4,7,10H2,1-2H3,(H,25,28). The van der Waals surface area contributed by atoms with Gasteiger partial charge in [-0.05, 0) is 25.0 Å². The van der Waals surface area contributed by atoms with Crippen molar-refractivity contribution in [3.63, 3.8) is 0 Å². The highest BCUT2D eigenvalue weighted by Gasteiger charge is 2.27. The maximum absolute atomic E-state index is 13.0. The number of anilines is 2. The van der Waals surface area contributed by atoms with Crippen LogP contribution in [-0.2, 0) is 4.79 Å². The van der Waals surface area contributed by atoms with Gasteiger partial charge in [0.2, 0.25) is 5.91 Å². The molecule has 0 spiro atoms. The molecule has 0 radical (unpaired) electrons. The van der Waals surface area contributed by atoms with Crippen LogP contribution < -0.4 is 19.7 Å². The molecule has 3 heterocycles. The van der Waals surface area contributed by atoms with Crippen molar-refractivity contribution < 1.29 is 14.3 Å². The van der Waals surface area contributed by atoms with Crippen LogP contribution in [0.3, 0.4) is 0 Å². The summed E-state index contributed by atoms with van der Waals surface area (Å²) in [6.07, 6.45) is 6.22. The van der Waals surface area contributed by atoms with E-state index in [-0.39, 0.29) is 11.8 Å². The molecular formula is C20H23N7O3. The van der Waals surface area contributed by atoms with Crippen LogP contribution in [0.25, 0.3) is 5.82 Å². The van der Waals surface area contributed by atoms with Gasteiger partial charge in [0.1, 0.15) is 36.3 Å². The molecule has 4 rings (SSSR count). The highest BCUT2D eigenvalue weighted by atomic mass is 16.5. The largest absolute Gasteiger partial charge is 0.497 e. The van der Waals surface area contributed by atoms with E-state index in [1.54, 1.807) is 43.4 Å². The monoisotopic (exact) mass is 409 g/mol. The van der Waals surface area contributed by atoms with Crippen molar-refractivity contribution in [2.24, 2.45) is 5.92 Å². The number of aromatic nitrogens is 5. The zero-order valence-electron chi connectivity index (χ0n) is 16.9. The Balaban J connectivity index is 1.48. The summed E-state index contributed by atoms with van der Waals surface area (Å²) >= 11 is 0. The third kappa shape index (κ3) is 4.17. The number of rotatable bonds is 6. The molecule has 1 N–H and O–H groups in total. The molecule has 1 aliphatic heterocycles. The van der Waals surface area contributed by atoms with E-state index in [4.69, 9.17) is 9.47 Å². The SMILES string of the molecule is COc1ccc(OC)c(NC(=O)C2CCCN(c3cc(-n4cncn4)ncn3)C2)c1. The quantitative estimate of drug-likeness (QED) is 0.658. The van der Waals surface area contributed by atoms with E-state index >= 15 is 0 Å². The van der Waals surface area contributed by atoms with E-state index in [0.29, 0.717) is 29.5 Å². The number of nitrogens with zero attached hydrogens (tertiary/aromatic N) is 6. The lowest BCUT2D eigenvalue weighted by atomic mass is 9.97. The van der Waals surface area contributed by atoms with Gasteiger partial charge >= 0.3 is 0 Å². The highest BCUT2D eigenvalue weighted by molar-refractivity contribution is 5.94. The van der Waals surface area contributed by atoms with E-state index in [9.17, 15) is 4.79 Å². The molecule has 30 heavy (non-hydrogen) atoms. The van der Waals surface area contributed by atoms with E-state index in [0.717, 1.165) is 25.2 Å². The lowest BCUT2D eigenvalue weighted by molar-refractivity contribution is -0.120. The number of piperidine rings is 1. The Hall–Kier alpha value is -3.69. The molecule has 1 fully saturated rings. The summed E-state index contributed by atoms with van der Waals surface area (Å²) in [4.78, 5) is 27.6. The van der Waals surface area contributed by atoms with Crippen LogP contribution in [0.5, 0.6) is 11.5 Å². The van der Waals surface area contributed by atoms with Crippen molar-refractivity contribution >= 4 is 17.4 Å². The van der Waals surface area contributed by atoms with Crippen molar-refractivity contribution in [1.82, 2.24) is 24.7 Å². The van der Waals surface area contributed by atoms with E-state index in [2.05, 4.69) is 30.3 Å². The minimum absolute atomic E-state index is 0.0585. The first kappa shape index (κ1) is 19.6. The molecule has 0 aliphatic carbocycles. The van der Waals surface area contributed by atoms with Crippen LogP contribution in [0, 0.1) is 5.92 Å². The molecule has 1 unspecified atom stereocenters. The summed E-state index contributed by atoms with van der Waals surface area (Å²) < 4.78 is 12.2. The van der Waals surface area contributed by atoms with Gasteiger partial charge in [0.15, 0.2) is 5.82 Å². The fraction of sp³-hybridized carbons (Fsp3) is 0.350. The van der Waals surface area contributed by atoms with Gasteiger partial charge in [-0.2, -0.15) is 5.10 Å². The van der Waals surface area contributed by atoms with E-state index < -0.39 is 0 Å². The fourth-order valence-corrected chi connectivity index (χ4v) is 3.51. The normalized spacial score (nSPS) is 16.2. The van der Waals surface area contributed by atoms with Crippen LogP contribution in [-0.4, -0.2) is 57.9 Å². The topological polar surface area (TPSA) is 107 Å². The Morgan fingerprint density at radius 3 is 2.77 bits per heavy atom. The molecule has 0 bridgehead atoms. The summed E-state index contributed by atoms with van der Waals surface area (Å²) in [5, 5.41) is 7.09. The van der Waals surface area contributed by atoms with E-state index in [1.165, 1.54) is 12.7 Å². The Morgan fingerprint density at radius 1 is 1.13 bits per heavy atom. The summed E-state index contributed by atoms with van der Waals surface area (Å²) in [7, 11) is 3.16. The summed E-state index contributed by atoms with van der Waals surface area (Å²) in [6.45, 7) is 1.38. The molecule has 1 saturated heterocycles. The first-order chi connectivity index (χ1) is 14.7. The average molecular weight is 409 g/mol. The van der Waals surface area contributed by atoms with Crippen LogP contribution in [0.4, 0.5) is 11.5 Å². The third-order valence-corrected chi connectivity index (χ3v) is 5.07. The Labute approximate surface area is 173 Å². The summed E-state index contributed by atoms with van der Waals surface area (Å²) in [6, 6.07) is 7.17. The Morgan fingerprint density at radius 2 is 2.00 bits per heavy atom. The number of amides is 1. The van der Waals surface area contributed by atoms with Crippen molar-refractivity contribution in [2.75, 3.05) is 37.5 Å². The third-order valence-electron chi connectivity index (χ3n) is 5.07. The second-order valence-electron chi connectivity index (χ2n) is 6.92. The van der Waals surface area contributed by atoms with Gasteiger partial charge < -0.3 is 19.7 Å². The summed E-state index contributed by atoms with van der Waals surface area (Å²) in [5.41, 5.74) is 0.592. The predicted octanol–water partition coefficient (Wildman–Crippen LogP) is 1.93. The van der Waals surface area contributed by atoms with Gasteiger partial charge in [-0.25, -0.2) is 19.6 Å². The predicted molar refractivity (Wildman–Crippen MR) is 110 cm³/mol. The zero-order valence-corrected chi connectivity index (χ0v) is 16.9. The number of ether oxygens (including phenoxy) is 2. The Bertz CT molecular complexity index is 1010. The number of carbonyl (C=O) groups is 1. The van der Waals surface area contributed by atoms with Gasteiger partial charge in [0.05, 0.1) is 25.8 Å². The smallest absolute Gasteiger partial charge is 0.229 e. The number of methoxy groups -OCH3 is 2. The van der Waals surface area contributed by atoms with Crippen molar-refractivity contribution in [3.05, 3.63) is 43.2 Å². The maximum Gasteiger partial charge on any atom is 0.229 e. The fourth-order valence-electron chi connectivity index (χ4n) is 3.51. The van der Waals surface area contributed by atoms with Gasteiger partial charge in [0, 0.05) is 25.2 Å². The van der Waals surface area contributed by atoms with Crippen LogP contribution in [0.1, 0.15) is 12.8 Å². The van der Waals surface area contributed by atoms with Gasteiger partial charge in [0.25, 0.3) is 0 Å². The molecule has 1 aliphatic rings. The molecule has 1 aromatic carbocycles. The first-order valence-electron chi connectivity index (χ1n) is 9.63. The number of nitrogens with one attached hydrogen (secondary N) is 1. The van der Waals surface area contributed by atoms with Crippen LogP contribution >= 0.6 is 0 Å². The molecule has 1 amide bonds. The van der Waals surface area contributed by atoms with Gasteiger partial charge in [-0.3, -0.25) is 4.79 Å². The zero-order chi connectivity index (χ0) is 20.9. The van der Waals surface area contributed by atoms with Gasteiger partial charge in [-0.1, -0.05) is 0 Å². The number of carbonyl (C=O) groups excluding carboxylic acids is 1. The molecule has 3 aromatic rings. The molecule has 10 heteroatoms. The summed E-state index contributed by atoms with van der Waals surface area (Å²) in [5.74, 6) is 2.39. The molecule has 10 nitrogen and oxygen atoms in total. The molecule has 2 aromatic heterocycles. The van der Waals surface area contributed by atoms with Crippen molar-refractivity contribution in [2.45, 2.75) is 12.8 Å². The number of benzene rings is 1. The minimum atomic E-state index is -0.181. The molecular weight excluding hydrogens is 386 g/mol. The van der Waals surface area contributed by atoms with E-state index in [1.807, 2.05) is 6.07 Å². The first-order valence-corrected chi connectivity index (χ1v) is 9.63. The molecule has 0 saturated carbocycles. The second kappa shape index (κ2) is 8.76. The minimum Gasteiger partial charge on any atom is -0.497 e. The van der Waals surface area contributed by atoms with Crippen molar-refractivity contribution in [1.29, 1.82) is 0 Å². The number of hydrogen-bond donors (Lipinski definition) is 1. The van der Waals surface area contributed by atoms with Crippen LogP contribution in [0.2, 0.25) is 0 Å². The lowest BCUT2D eigenvalue weighted by Gasteiger charge is -2.33. The molecule has 156 valence electrons. The molecule has 1 atom stereocenters. The van der Waals surface area contributed by atoms with Gasteiger partial charge in [-0.15, -0.1) is 0 Å². The van der Waals surface area contributed by atoms with Crippen LogP contribution in [0.15, 0.2) is 43.2 Å². The maximum atomic E-state index is 13.0. The lowest BCUT2D eigenvalue weighted by Crippen LogP contribution is -2.41. The second-order valence-corrected chi connectivity index (χ2v) is 6.92. The average Bonchev–Trinajstić information content (AvgIpc) is 3.34. The Kier molecular flexibility index (Phi) is 5.73. The highest BCUT2D eigenvalue weighted by Crippen LogP contribution is 2.30.